The fraction of sp³-hybridized carbons (Fsp3) is 0.538. The molecule has 0 bridgehead atoms. The number of benzene rings is 1. The lowest BCUT2D eigenvalue weighted by molar-refractivity contribution is 0.540. The van der Waals surface area contributed by atoms with Gasteiger partial charge in [0, 0.05) is 6.04 Å². The van der Waals surface area contributed by atoms with E-state index >= 15 is 0 Å². The van der Waals surface area contributed by atoms with Crippen molar-refractivity contribution >= 4 is 0 Å². The van der Waals surface area contributed by atoms with Crippen LogP contribution in [0.15, 0.2) is 18.2 Å². The van der Waals surface area contributed by atoms with Crippen molar-refractivity contribution in [3.05, 3.63) is 34.9 Å². The third kappa shape index (κ3) is 1.36. The normalized spacial score (nSPS) is 25.9. The highest BCUT2D eigenvalue weighted by atomic mass is 14.9. The number of hydrogen-bond donors (Lipinski definition) is 1. The molecule has 0 saturated heterocycles. The van der Waals surface area contributed by atoms with Gasteiger partial charge in [-0.3, -0.25) is 0 Å². The molecular formula is C13H17N. The predicted octanol–water partition coefficient (Wildman–Crippen LogP) is 2.77. The van der Waals surface area contributed by atoms with Crippen molar-refractivity contribution in [3.63, 3.8) is 0 Å². The molecule has 74 valence electrons. The Kier molecular flexibility index (Phi) is 1.88. The van der Waals surface area contributed by atoms with Crippen LogP contribution in [0.2, 0.25) is 0 Å². The van der Waals surface area contributed by atoms with E-state index in [4.69, 9.17) is 0 Å². The number of hydrogen-bond acceptors (Lipinski definition) is 1. The highest BCUT2D eigenvalue weighted by Gasteiger charge is 2.25. The minimum absolute atomic E-state index is 0.553. The lowest BCUT2D eigenvalue weighted by Gasteiger charge is -2.24. The van der Waals surface area contributed by atoms with Crippen molar-refractivity contribution in [2.45, 2.75) is 38.1 Å². The lowest BCUT2D eigenvalue weighted by atomic mass is 9.92. The molecule has 1 aromatic rings. The predicted molar refractivity (Wildman–Crippen MR) is 58.5 cm³/mol. The zero-order valence-electron chi connectivity index (χ0n) is 8.72. The van der Waals surface area contributed by atoms with Crippen molar-refractivity contribution < 1.29 is 0 Å². The Morgan fingerprint density at radius 1 is 1.29 bits per heavy atom. The van der Waals surface area contributed by atoms with E-state index in [9.17, 15) is 0 Å². The van der Waals surface area contributed by atoms with E-state index in [0.29, 0.717) is 6.04 Å². The molecule has 0 radical (unpaired) electrons. The third-order valence-corrected chi connectivity index (χ3v) is 3.53. The van der Waals surface area contributed by atoms with Crippen LogP contribution in [0.4, 0.5) is 0 Å². The van der Waals surface area contributed by atoms with E-state index in [1.165, 1.54) is 19.3 Å². The topological polar surface area (TPSA) is 12.0 Å². The first kappa shape index (κ1) is 8.49. The van der Waals surface area contributed by atoms with Gasteiger partial charge in [0.05, 0.1) is 0 Å². The first-order chi connectivity index (χ1) is 6.84. The van der Waals surface area contributed by atoms with Crippen molar-refractivity contribution in [1.82, 2.24) is 5.32 Å². The second-order valence-corrected chi connectivity index (χ2v) is 4.66. The van der Waals surface area contributed by atoms with Gasteiger partial charge in [-0.2, -0.15) is 0 Å². The second kappa shape index (κ2) is 3.09. The zero-order chi connectivity index (χ0) is 9.54. The van der Waals surface area contributed by atoms with Crippen LogP contribution in [0.25, 0.3) is 0 Å². The Labute approximate surface area is 85.5 Å². The van der Waals surface area contributed by atoms with Gasteiger partial charge in [0.2, 0.25) is 0 Å². The molecule has 1 saturated carbocycles. The van der Waals surface area contributed by atoms with Gasteiger partial charge in [0.15, 0.2) is 0 Å². The summed E-state index contributed by atoms with van der Waals surface area (Å²) in [7, 11) is 0. The van der Waals surface area contributed by atoms with Gasteiger partial charge in [-0.05, 0) is 55.3 Å². The maximum atomic E-state index is 3.52. The summed E-state index contributed by atoms with van der Waals surface area (Å²) in [4.78, 5) is 0. The molecule has 1 nitrogen and oxygen atoms in total. The largest absolute Gasteiger partial charge is 0.310 e. The molecular weight excluding hydrogens is 170 g/mol. The Morgan fingerprint density at radius 3 is 2.93 bits per heavy atom. The van der Waals surface area contributed by atoms with Gasteiger partial charge < -0.3 is 5.32 Å². The van der Waals surface area contributed by atoms with Crippen LogP contribution in [-0.2, 0) is 6.42 Å². The average molecular weight is 187 g/mol. The average Bonchev–Trinajstić information content (AvgIpc) is 3.01. The first-order valence-corrected chi connectivity index (χ1v) is 5.71. The molecule has 1 aliphatic carbocycles. The third-order valence-electron chi connectivity index (χ3n) is 3.53. The van der Waals surface area contributed by atoms with Gasteiger partial charge in [-0.15, -0.1) is 0 Å². The molecule has 14 heavy (non-hydrogen) atoms. The maximum absolute atomic E-state index is 3.52. The standard InChI is InChI=1S/C13H17N/c1-9-13-8-12(10-2-3-10)5-4-11(13)6-7-14-9/h4-5,8-10,14H,2-3,6-7H2,1H3. The molecule has 1 aromatic carbocycles. The van der Waals surface area contributed by atoms with Crippen LogP contribution in [0.3, 0.4) is 0 Å². The fourth-order valence-electron chi connectivity index (χ4n) is 2.45. The fourth-order valence-corrected chi connectivity index (χ4v) is 2.45. The van der Waals surface area contributed by atoms with Gasteiger partial charge in [-0.1, -0.05) is 18.2 Å². The van der Waals surface area contributed by atoms with E-state index in [1.807, 2.05) is 0 Å². The Hall–Kier alpha value is -0.820. The summed E-state index contributed by atoms with van der Waals surface area (Å²) in [6, 6.07) is 7.68. The molecule has 1 fully saturated rings. The van der Waals surface area contributed by atoms with Crippen molar-refractivity contribution in [2.24, 2.45) is 0 Å². The molecule has 0 amide bonds. The first-order valence-electron chi connectivity index (χ1n) is 5.71. The quantitative estimate of drug-likeness (QED) is 0.713. The van der Waals surface area contributed by atoms with Crippen LogP contribution in [0.5, 0.6) is 0 Å². The highest BCUT2D eigenvalue weighted by molar-refractivity contribution is 5.38. The second-order valence-electron chi connectivity index (χ2n) is 4.66. The maximum Gasteiger partial charge on any atom is 0.0294 e. The molecule has 3 rings (SSSR count). The van der Waals surface area contributed by atoms with Crippen molar-refractivity contribution in [3.8, 4) is 0 Å². The Morgan fingerprint density at radius 2 is 2.14 bits per heavy atom. The molecule has 1 atom stereocenters. The molecule has 1 heterocycles. The Balaban J connectivity index is 2.01. The molecule has 1 aliphatic heterocycles. The van der Waals surface area contributed by atoms with E-state index in [2.05, 4.69) is 30.4 Å². The van der Waals surface area contributed by atoms with E-state index < -0.39 is 0 Å². The number of rotatable bonds is 1. The summed E-state index contributed by atoms with van der Waals surface area (Å²) in [5.74, 6) is 0.884. The van der Waals surface area contributed by atoms with Crippen molar-refractivity contribution in [1.29, 1.82) is 0 Å². The molecule has 0 spiro atoms. The van der Waals surface area contributed by atoms with Crippen LogP contribution < -0.4 is 5.32 Å². The van der Waals surface area contributed by atoms with Gasteiger partial charge >= 0.3 is 0 Å². The van der Waals surface area contributed by atoms with E-state index in [-0.39, 0.29) is 0 Å². The van der Waals surface area contributed by atoms with E-state index in [0.717, 1.165) is 12.5 Å². The van der Waals surface area contributed by atoms with Crippen LogP contribution in [-0.4, -0.2) is 6.54 Å². The molecule has 2 aliphatic rings. The summed E-state index contributed by atoms with van der Waals surface area (Å²) in [6.07, 6.45) is 4.01. The lowest BCUT2D eigenvalue weighted by Crippen LogP contribution is -2.27. The number of fused-ring (bicyclic) bond motifs is 1. The van der Waals surface area contributed by atoms with Crippen LogP contribution in [0, 0.1) is 0 Å². The minimum Gasteiger partial charge on any atom is -0.310 e. The molecule has 1 unspecified atom stereocenters. The van der Waals surface area contributed by atoms with Crippen LogP contribution in [0.1, 0.15) is 48.4 Å². The zero-order valence-corrected chi connectivity index (χ0v) is 8.72. The monoisotopic (exact) mass is 187 g/mol. The highest BCUT2D eigenvalue weighted by Crippen LogP contribution is 2.41. The van der Waals surface area contributed by atoms with E-state index in [1.54, 1.807) is 16.7 Å². The summed E-state index contributed by atoms with van der Waals surface area (Å²) >= 11 is 0. The number of nitrogens with one attached hydrogen (secondary N) is 1. The summed E-state index contributed by atoms with van der Waals surface area (Å²) < 4.78 is 0. The van der Waals surface area contributed by atoms with Gasteiger partial charge in [0.25, 0.3) is 0 Å². The Bertz CT molecular complexity index is 352. The molecule has 1 heteroatoms. The SMILES string of the molecule is CC1NCCc2ccc(C3CC3)cc21. The smallest absolute Gasteiger partial charge is 0.0294 e. The summed E-state index contributed by atoms with van der Waals surface area (Å²) in [5, 5.41) is 3.52. The van der Waals surface area contributed by atoms with Crippen molar-refractivity contribution in [2.75, 3.05) is 6.54 Å². The minimum atomic E-state index is 0.553. The van der Waals surface area contributed by atoms with Gasteiger partial charge in [0.1, 0.15) is 0 Å². The summed E-state index contributed by atoms with van der Waals surface area (Å²) in [5.41, 5.74) is 4.67. The molecule has 1 N–H and O–H groups in total. The van der Waals surface area contributed by atoms with Crippen LogP contribution >= 0.6 is 0 Å². The molecule has 0 aromatic heterocycles. The van der Waals surface area contributed by atoms with Gasteiger partial charge in [-0.25, -0.2) is 0 Å². The summed E-state index contributed by atoms with van der Waals surface area (Å²) in [6.45, 7) is 3.41.